The van der Waals surface area contributed by atoms with Crippen molar-refractivity contribution in [1.82, 2.24) is 14.9 Å². The monoisotopic (exact) mass is 311 g/mol. The number of nitrogens with one attached hydrogen (secondary N) is 1. The van der Waals surface area contributed by atoms with Gasteiger partial charge in [0.25, 0.3) is 0 Å². The molecule has 1 atom stereocenters. The summed E-state index contributed by atoms with van der Waals surface area (Å²) >= 11 is 12.0. The molecule has 0 radical (unpaired) electrons. The van der Waals surface area contributed by atoms with Gasteiger partial charge in [0.2, 0.25) is 5.91 Å². The van der Waals surface area contributed by atoms with Crippen molar-refractivity contribution in [1.29, 1.82) is 0 Å². The van der Waals surface area contributed by atoms with E-state index in [0.717, 1.165) is 5.56 Å². The molecule has 0 spiro atoms. The van der Waals surface area contributed by atoms with E-state index in [2.05, 4.69) is 10.3 Å². The summed E-state index contributed by atoms with van der Waals surface area (Å²) in [6.45, 7) is 2.33. The number of rotatable bonds is 5. The molecule has 2 aromatic rings. The summed E-state index contributed by atoms with van der Waals surface area (Å²) < 4.78 is 1.75. The quantitative estimate of drug-likeness (QED) is 0.922. The van der Waals surface area contributed by atoms with Crippen molar-refractivity contribution in [3.63, 3.8) is 0 Å². The Bertz CT molecular complexity index is 584. The largest absolute Gasteiger partial charge is 0.354 e. The Morgan fingerprint density at radius 3 is 2.95 bits per heavy atom. The first kappa shape index (κ1) is 14.9. The number of aromatic nitrogens is 2. The van der Waals surface area contributed by atoms with Gasteiger partial charge in [-0.3, -0.25) is 4.79 Å². The number of hydrogen-bond donors (Lipinski definition) is 1. The molecule has 1 aromatic heterocycles. The van der Waals surface area contributed by atoms with Crippen molar-refractivity contribution in [2.75, 3.05) is 6.54 Å². The number of benzene rings is 1. The lowest BCUT2D eigenvalue weighted by Gasteiger charge is -2.13. The minimum atomic E-state index is -0.285. The molecule has 1 N–H and O–H groups in total. The zero-order valence-corrected chi connectivity index (χ0v) is 12.5. The lowest BCUT2D eigenvalue weighted by Crippen LogP contribution is -2.32. The van der Waals surface area contributed by atoms with Crippen LogP contribution in [0.25, 0.3) is 0 Å². The van der Waals surface area contributed by atoms with Crippen LogP contribution in [0, 0.1) is 0 Å². The fraction of sp³-hybridized carbons (Fsp3) is 0.286. The molecule has 4 nitrogen and oxygen atoms in total. The molecule has 6 heteroatoms. The average Bonchev–Trinajstić information content (AvgIpc) is 2.96. The molecule has 106 valence electrons. The highest BCUT2D eigenvalue weighted by Gasteiger charge is 2.13. The van der Waals surface area contributed by atoms with Crippen molar-refractivity contribution < 1.29 is 4.79 Å². The van der Waals surface area contributed by atoms with Crippen LogP contribution in [-0.2, 0) is 11.2 Å². The predicted octanol–water partition coefficient (Wildman–Crippen LogP) is 3.11. The van der Waals surface area contributed by atoms with Crippen molar-refractivity contribution in [2.24, 2.45) is 0 Å². The van der Waals surface area contributed by atoms with Gasteiger partial charge in [-0.2, -0.15) is 0 Å². The smallest absolute Gasteiger partial charge is 0.242 e. The molecule has 1 aromatic carbocycles. The van der Waals surface area contributed by atoms with Crippen LogP contribution in [0.3, 0.4) is 0 Å². The van der Waals surface area contributed by atoms with Crippen molar-refractivity contribution in [3.05, 3.63) is 52.5 Å². The van der Waals surface area contributed by atoms with Crippen LogP contribution in [0.4, 0.5) is 0 Å². The number of carbonyl (C=O) groups is 1. The summed E-state index contributed by atoms with van der Waals surface area (Å²) in [6, 6.07) is 5.21. The number of halogens is 2. The van der Waals surface area contributed by atoms with Crippen LogP contribution < -0.4 is 5.32 Å². The summed E-state index contributed by atoms with van der Waals surface area (Å²) in [7, 11) is 0. The van der Waals surface area contributed by atoms with Crippen LogP contribution >= 0.6 is 23.2 Å². The average molecular weight is 312 g/mol. The van der Waals surface area contributed by atoms with Crippen LogP contribution in [0.2, 0.25) is 10.0 Å². The van der Waals surface area contributed by atoms with Gasteiger partial charge in [0.15, 0.2) is 0 Å². The third-order valence-corrected chi connectivity index (χ3v) is 3.93. The van der Waals surface area contributed by atoms with Gasteiger partial charge >= 0.3 is 0 Å². The topological polar surface area (TPSA) is 46.9 Å². The van der Waals surface area contributed by atoms with Crippen LogP contribution in [0.15, 0.2) is 36.9 Å². The van der Waals surface area contributed by atoms with Crippen molar-refractivity contribution >= 4 is 29.1 Å². The molecular formula is C14H15Cl2N3O. The first-order chi connectivity index (χ1) is 9.59. The first-order valence-electron chi connectivity index (χ1n) is 6.27. The summed E-state index contributed by atoms with van der Waals surface area (Å²) in [4.78, 5) is 15.9. The highest BCUT2D eigenvalue weighted by Crippen LogP contribution is 2.25. The van der Waals surface area contributed by atoms with Crippen molar-refractivity contribution in [3.8, 4) is 0 Å². The zero-order chi connectivity index (χ0) is 14.5. The second kappa shape index (κ2) is 6.77. The molecule has 0 saturated heterocycles. The Morgan fingerprint density at radius 1 is 1.45 bits per heavy atom. The van der Waals surface area contributed by atoms with E-state index in [4.69, 9.17) is 23.2 Å². The Morgan fingerprint density at radius 2 is 2.25 bits per heavy atom. The van der Waals surface area contributed by atoms with Crippen LogP contribution in [0.5, 0.6) is 0 Å². The molecular weight excluding hydrogens is 297 g/mol. The van der Waals surface area contributed by atoms with Gasteiger partial charge in [0.05, 0.1) is 16.4 Å². The molecule has 0 fully saturated rings. The fourth-order valence-corrected chi connectivity index (χ4v) is 2.26. The van der Waals surface area contributed by atoms with E-state index in [9.17, 15) is 4.79 Å². The minimum absolute atomic E-state index is 0.0545. The summed E-state index contributed by atoms with van der Waals surface area (Å²) in [5.74, 6) is -0.0545. The number of carbonyl (C=O) groups excluding carboxylic acids is 1. The van der Waals surface area contributed by atoms with Crippen molar-refractivity contribution in [2.45, 2.75) is 19.4 Å². The summed E-state index contributed by atoms with van der Waals surface area (Å²) in [5, 5.41) is 3.95. The Hall–Kier alpha value is -1.52. The molecule has 20 heavy (non-hydrogen) atoms. The van der Waals surface area contributed by atoms with Gasteiger partial charge < -0.3 is 9.88 Å². The number of amides is 1. The second-order valence-corrected chi connectivity index (χ2v) is 5.23. The highest BCUT2D eigenvalue weighted by molar-refractivity contribution is 6.42. The van der Waals surface area contributed by atoms with Gasteiger partial charge in [0.1, 0.15) is 6.04 Å². The molecule has 1 amide bonds. The maximum Gasteiger partial charge on any atom is 0.242 e. The highest BCUT2D eigenvalue weighted by atomic mass is 35.5. The first-order valence-corrected chi connectivity index (χ1v) is 7.03. The van der Waals surface area contributed by atoms with Gasteiger partial charge in [-0.15, -0.1) is 0 Å². The molecule has 2 rings (SSSR count). The van der Waals surface area contributed by atoms with E-state index in [0.29, 0.717) is 23.0 Å². The third kappa shape index (κ3) is 3.52. The second-order valence-electron chi connectivity index (χ2n) is 4.44. The van der Waals surface area contributed by atoms with Crippen LogP contribution in [0.1, 0.15) is 18.5 Å². The molecule has 0 aliphatic carbocycles. The maximum absolute atomic E-state index is 12.0. The lowest BCUT2D eigenvalue weighted by atomic mass is 10.1. The zero-order valence-electron chi connectivity index (χ0n) is 11.0. The molecule has 0 unspecified atom stereocenters. The van der Waals surface area contributed by atoms with E-state index in [-0.39, 0.29) is 11.9 Å². The fourth-order valence-electron chi connectivity index (χ4n) is 1.84. The minimum Gasteiger partial charge on any atom is -0.354 e. The standard InChI is InChI=1S/C14H15Cl2N3O/c1-10(19-8-7-17-9-19)14(20)18-6-5-11-3-2-4-12(15)13(11)16/h2-4,7-10H,5-6H2,1H3,(H,18,20)/t10-/m1/s1. The van der Waals surface area contributed by atoms with E-state index in [1.54, 1.807) is 29.4 Å². The molecule has 0 saturated carbocycles. The van der Waals surface area contributed by atoms with Gasteiger partial charge in [-0.25, -0.2) is 4.98 Å². The molecule has 1 heterocycles. The summed E-state index contributed by atoms with van der Waals surface area (Å²) in [5.41, 5.74) is 0.926. The number of hydrogen-bond acceptors (Lipinski definition) is 2. The Kier molecular flexibility index (Phi) is 5.04. The van der Waals surface area contributed by atoms with E-state index < -0.39 is 0 Å². The van der Waals surface area contributed by atoms with Gasteiger partial charge in [-0.1, -0.05) is 35.3 Å². The van der Waals surface area contributed by atoms with E-state index >= 15 is 0 Å². The normalized spacial score (nSPS) is 12.2. The number of imidazole rings is 1. The SMILES string of the molecule is C[C@H](C(=O)NCCc1cccc(Cl)c1Cl)n1ccnc1. The predicted molar refractivity (Wildman–Crippen MR) is 80.1 cm³/mol. The van der Waals surface area contributed by atoms with Gasteiger partial charge in [0, 0.05) is 18.9 Å². The Balaban J connectivity index is 1.87. The Labute approximate surface area is 127 Å². The van der Waals surface area contributed by atoms with Gasteiger partial charge in [-0.05, 0) is 25.0 Å². The van der Waals surface area contributed by atoms with Crippen LogP contribution in [-0.4, -0.2) is 22.0 Å². The molecule has 0 aliphatic heterocycles. The van der Waals surface area contributed by atoms with E-state index in [1.807, 2.05) is 19.1 Å². The maximum atomic E-state index is 12.0. The van der Waals surface area contributed by atoms with E-state index in [1.165, 1.54) is 0 Å². The molecule has 0 aliphatic rings. The number of nitrogens with zero attached hydrogens (tertiary/aromatic N) is 2. The lowest BCUT2D eigenvalue weighted by molar-refractivity contribution is -0.123. The summed E-state index contributed by atoms with van der Waals surface area (Å²) in [6.07, 6.45) is 5.67. The third-order valence-electron chi connectivity index (χ3n) is 3.08. The molecule has 0 bridgehead atoms.